The largest absolute Gasteiger partial charge is 0.435 e. The monoisotopic (exact) mass is 343 g/mol. The molecule has 24 heavy (non-hydrogen) atoms. The molecule has 1 aliphatic heterocycles. The van der Waals surface area contributed by atoms with Crippen molar-refractivity contribution in [3.63, 3.8) is 0 Å². The maximum atomic E-state index is 13.8. The first-order chi connectivity index (χ1) is 11.4. The summed E-state index contributed by atoms with van der Waals surface area (Å²) in [4.78, 5) is 13.7. The minimum absolute atomic E-state index is 0.267. The first kappa shape index (κ1) is 16.4. The molecule has 0 bridgehead atoms. The summed E-state index contributed by atoms with van der Waals surface area (Å²) in [5, 5.41) is 9.76. The van der Waals surface area contributed by atoms with Crippen LogP contribution in [0.5, 0.6) is 0 Å². The standard InChI is InChI=1S/C14H13F4N5O/c15-9-3-1-2-4-10(9)23-12(14(16,17)18)11(20-21-23)13(24)22-7-5-19-6-8-22/h1-4,19H,5-8H2. The number of amides is 1. The summed E-state index contributed by atoms with van der Waals surface area (Å²) in [6.07, 6.45) is -4.91. The van der Waals surface area contributed by atoms with E-state index in [-0.39, 0.29) is 13.1 Å². The van der Waals surface area contributed by atoms with Crippen molar-refractivity contribution in [2.75, 3.05) is 26.2 Å². The molecule has 1 amide bonds. The van der Waals surface area contributed by atoms with Crippen molar-refractivity contribution in [2.24, 2.45) is 0 Å². The van der Waals surface area contributed by atoms with Crippen molar-refractivity contribution in [2.45, 2.75) is 6.18 Å². The van der Waals surface area contributed by atoms with Crippen LogP contribution in [-0.2, 0) is 6.18 Å². The van der Waals surface area contributed by atoms with Crippen LogP contribution in [0.2, 0.25) is 0 Å². The lowest BCUT2D eigenvalue weighted by Gasteiger charge is -2.27. The molecule has 0 unspecified atom stereocenters. The van der Waals surface area contributed by atoms with E-state index in [1.165, 1.54) is 17.0 Å². The molecular formula is C14H13F4N5O. The Morgan fingerprint density at radius 3 is 2.46 bits per heavy atom. The maximum Gasteiger partial charge on any atom is 0.435 e. The molecule has 1 aromatic carbocycles. The van der Waals surface area contributed by atoms with Crippen molar-refractivity contribution in [1.82, 2.24) is 25.2 Å². The molecule has 1 saturated heterocycles. The van der Waals surface area contributed by atoms with E-state index >= 15 is 0 Å². The third-order valence-corrected chi connectivity index (χ3v) is 3.63. The highest BCUT2D eigenvalue weighted by Crippen LogP contribution is 2.33. The van der Waals surface area contributed by atoms with Crippen molar-refractivity contribution in [1.29, 1.82) is 0 Å². The number of aromatic nitrogens is 3. The fourth-order valence-electron chi connectivity index (χ4n) is 2.49. The zero-order valence-corrected chi connectivity index (χ0v) is 12.3. The minimum atomic E-state index is -4.91. The van der Waals surface area contributed by atoms with Gasteiger partial charge in [-0.15, -0.1) is 5.10 Å². The predicted octanol–water partition coefficient (Wildman–Crippen LogP) is 1.47. The topological polar surface area (TPSA) is 63.1 Å². The zero-order valence-electron chi connectivity index (χ0n) is 12.3. The van der Waals surface area contributed by atoms with Crippen LogP contribution in [0.1, 0.15) is 16.2 Å². The van der Waals surface area contributed by atoms with Crippen LogP contribution < -0.4 is 5.32 Å². The van der Waals surface area contributed by atoms with Gasteiger partial charge in [-0.2, -0.15) is 13.2 Å². The van der Waals surface area contributed by atoms with Gasteiger partial charge < -0.3 is 10.2 Å². The van der Waals surface area contributed by atoms with Gasteiger partial charge in [-0.3, -0.25) is 4.79 Å². The molecular weight excluding hydrogens is 330 g/mol. The summed E-state index contributed by atoms with van der Waals surface area (Å²) in [5.41, 5.74) is -2.62. The Balaban J connectivity index is 2.08. The molecule has 6 nitrogen and oxygen atoms in total. The summed E-state index contributed by atoms with van der Waals surface area (Å²) in [5.74, 6) is -1.76. The Labute approximate surface area is 134 Å². The molecule has 1 aliphatic rings. The number of piperazine rings is 1. The Morgan fingerprint density at radius 2 is 1.83 bits per heavy atom. The van der Waals surface area contributed by atoms with Crippen LogP contribution in [0.25, 0.3) is 5.69 Å². The highest BCUT2D eigenvalue weighted by Gasteiger charge is 2.43. The molecule has 1 fully saturated rings. The van der Waals surface area contributed by atoms with E-state index in [2.05, 4.69) is 15.6 Å². The third-order valence-electron chi connectivity index (χ3n) is 3.63. The van der Waals surface area contributed by atoms with Gasteiger partial charge in [-0.25, -0.2) is 9.07 Å². The Hall–Kier alpha value is -2.49. The number of nitrogens with zero attached hydrogens (tertiary/aromatic N) is 4. The summed E-state index contributed by atoms with van der Waals surface area (Å²) in [6, 6.07) is 4.86. The van der Waals surface area contributed by atoms with E-state index in [0.717, 1.165) is 12.1 Å². The normalized spacial score (nSPS) is 15.6. The van der Waals surface area contributed by atoms with Gasteiger partial charge in [0.25, 0.3) is 5.91 Å². The average Bonchev–Trinajstić information content (AvgIpc) is 3.00. The van der Waals surface area contributed by atoms with Gasteiger partial charge in [0.2, 0.25) is 0 Å². The summed E-state index contributed by atoms with van der Waals surface area (Å²) in [6.45, 7) is 1.49. The number of benzene rings is 1. The number of carbonyl (C=O) groups excluding carboxylic acids is 1. The number of halogens is 4. The Kier molecular flexibility index (Phi) is 4.22. The molecule has 1 N–H and O–H groups in total. The number of nitrogens with one attached hydrogen (secondary N) is 1. The molecule has 2 heterocycles. The van der Waals surface area contributed by atoms with Crippen molar-refractivity contribution in [3.8, 4) is 5.69 Å². The second-order valence-corrected chi connectivity index (χ2v) is 5.19. The first-order valence-corrected chi connectivity index (χ1v) is 7.17. The molecule has 0 atom stereocenters. The molecule has 3 rings (SSSR count). The predicted molar refractivity (Wildman–Crippen MR) is 75.1 cm³/mol. The van der Waals surface area contributed by atoms with Crippen LogP contribution in [-0.4, -0.2) is 52.0 Å². The number of alkyl halides is 3. The first-order valence-electron chi connectivity index (χ1n) is 7.17. The molecule has 2 aromatic rings. The number of carbonyl (C=O) groups is 1. The van der Waals surface area contributed by atoms with E-state index in [9.17, 15) is 22.4 Å². The summed E-state index contributed by atoms with van der Waals surface area (Å²) < 4.78 is 54.6. The van der Waals surface area contributed by atoms with E-state index < -0.39 is 35.0 Å². The van der Waals surface area contributed by atoms with Crippen molar-refractivity contribution >= 4 is 5.91 Å². The van der Waals surface area contributed by atoms with E-state index in [0.29, 0.717) is 17.8 Å². The maximum absolute atomic E-state index is 13.8. The van der Waals surface area contributed by atoms with Gasteiger partial charge in [0, 0.05) is 26.2 Å². The van der Waals surface area contributed by atoms with Gasteiger partial charge in [-0.1, -0.05) is 17.3 Å². The van der Waals surface area contributed by atoms with Gasteiger partial charge >= 0.3 is 6.18 Å². The lowest BCUT2D eigenvalue weighted by Crippen LogP contribution is -2.47. The van der Waals surface area contributed by atoms with Crippen molar-refractivity contribution < 1.29 is 22.4 Å². The number of para-hydroxylation sites is 1. The molecule has 0 saturated carbocycles. The minimum Gasteiger partial charge on any atom is -0.335 e. The SMILES string of the molecule is O=C(c1nnn(-c2ccccc2F)c1C(F)(F)F)N1CCNCC1. The van der Waals surface area contributed by atoms with Crippen LogP contribution in [0, 0.1) is 5.82 Å². The van der Waals surface area contributed by atoms with Crippen LogP contribution in [0.15, 0.2) is 24.3 Å². The molecule has 0 radical (unpaired) electrons. The van der Waals surface area contributed by atoms with Gasteiger partial charge in [0.05, 0.1) is 0 Å². The molecule has 1 aromatic heterocycles. The fraction of sp³-hybridized carbons (Fsp3) is 0.357. The summed E-state index contributed by atoms with van der Waals surface area (Å²) >= 11 is 0. The van der Waals surface area contributed by atoms with E-state index in [1.807, 2.05) is 0 Å². The van der Waals surface area contributed by atoms with E-state index in [1.54, 1.807) is 0 Å². The smallest absolute Gasteiger partial charge is 0.335 e. The number of hydrogen-bond donors (Lipinski definition) is 1. The van der Waals surface area contributed by atoms with Crippen LogP contribution >= 0.6 is 0 Å². The average molecular weight is 343 g/mol. The fourth-order valence-corrected chi connectivity index (χ4v) is 2.49. The van der Waals surface area contributed by atoms with Gasteiger partial charge in [-0.05, 0) is 12.1 Å². The second-order valence-electron chi connectivity index (χ2n) is 5.19. The van der Waals surface area contributed by atoms with Crippen LogP contribution in [0.3, 0.4) is 0 Å². The zero-order chi connectivity index (χ0) is 17.3. The lowest BCUT2D eigenvalue weighted by atomic mass is 10.2. The quantitative estimate of drug-likeness (QED) is 0.839. The Morgan fingerprint density at radius 1 is 1.17 bits per heavy atom. The van der Waals surface area contributed by atoms with Crippen molar-refractivity contribution in [3.05, 3.63) is 41.5 Å². The van der Waals surface area contributed by atoms with Gasteiger partial charge in [0.15, 0.2) is 11.4 Å². The molecule has 0 spiro atoms. The molecule has 10 heteroatoms. The third kappa shape index (κ3) is 2.96. The molecule has 0 aliphatic carbocycles. The van der Waals surface area contributed by atoms with Crippen LogP contribution in [0.4, 0.5) is 17.6 Å². The highest BCUT2D eigenvalue weighted by atomic mass is 19.4. The lowest BCUT2D eigenvalue weighted by molar-refractivity contribution is -0.143. The Bertz CT molecular complexity index is 752. The van der Waals surface area contributed by atoms with E-state index in [4.69, 9.17) is 0 Å². The molecule has 128 valence electrons. The summed E-state index contributed by atoms with van der Waals surface area (Å²) in [7, 11) is 0. The number of hydrogen-bond acceptors (Lipinski definition) is 4. The second kappa shape index (κ2) is 6.19. The number of rotatable bonds is 2. The highest BCUT2D eigenvalue weighted by molar-refractivity contribution is 5.93. The van der Waals surface area contributed by atoms with Gasteiger partial charge in [0.1, 0.15) is 11.5 Å².